The predicted octanol–water partition coefficient (Wildman–Crippen LogP) is 3.41. The zero-order chi connectivity index (χ0) is 12.5. The van der Waals surface area contributed by atoms with Crippen molar-refractivity contribution >= 4 is 11.1 Å². The van der Waals surface area contributed by atoms with Crippen molar-refractivity contribution < 1.29 is 17.6 Å². The van der Waals surface area contributed by atoms with Gasteiger partial charge in [0.2, 0.25) is 0 Å². The summed E-state index contributed by atoms with van der Waals surface area (Å²) in [6, 6.07) is 3.75. The minimum atomic E-state index is -4.44. The van der Waals surface area contributed by atoms with Crippen LogP contribution in [-0.4, -0.2) is 4.98 Å². The first kappa shape index (κ1) is 11.5. The van der Waals surface area contributed by atoms with Crippen molar-refractivity contribution in [1.29, 1.82) is 0 Å². The lowest BCUT2D eigenvalue weighted by Crippen LogP contribution is -2.04. The Morgan fingerprint density at radius 3 is 2.76 bits per heavy atom. The SMILES string of the molecule is C#CCCc1nc2cccc(C(F)(F)F)c2o1. The van der Waals surface area contributed by atoms with Gasteiger partial charge in [-0.05, 0) is 12.1 Å². The number of benzene rings is 1. The summed E-state index contributed by atoms with van der Waals surface area (Å²) in [5.74, 6) is 2.61. The number of hydrogen-bond donors (Lipinski definition) is 0. The molecule has 2 nitrogen and oxygen atoms in total. The highest BCUT2D eigenvalue weighted by Crippen LogP contribution is 2.35. The number of hydrogen-bond acceptors (Lipinski definition) is 2. The summed E-state index contributed by atoms with van der Waals surface area (Å²) >= 11 is 0. The van der Waals surface area contributed by atoms with Crippen molar-refractivity contribution in [3.63, 3.8) is 0 Å². The van der Waals surface area contributed by atoms with Gasteiger partial charge in [0.1, 0.15) is 11.1 Å². The van der Waals surface area contributed by atoms with Crippen LogP contribution in [0.5, 0.6) is 0 Å². The highest BCUT2D eigenvalue weighted by atomic mass is 19.4. The van der Waals surface area contributed by atoms with Crippen LogP contribution in [0, 0.1) is 12.3 Å². The molecular weight excluding hydrogens is 231 g/mol. The molecule has 5 heteroatoms. The van der Waals surface area contributed by atoms with E-state index >= 15 is 0 Å². The maximum atomic E-state index is 12.7. The van der Waals surface area contributed by atoms with Crippen molar-refractivity contribution in [2.24, 2.45) is 0 Å². The average molecular weight is 239 g/mol. The van der Waals surface area contributed by atoms with Crippen LogP contribution in [0.15, 0.2) is 22.6 Å². The van der Waals surface area contributed by atoms with Crippen molar-refractivity contribution in [3.8, 4) is 12.3 Å². The number of fused-ring (bicyclic) bond motifs is 1. The summed E-state index contributed by atoms with van der Waals surface area (Å²) in [7, 11) is 0. The molecule has 0 N–H and O–H groups in total. The Balaban J connectivity index is 2.50. The molecule has 1 aromatic heterocycles. The van der Waals surface area contributed by atoms with E-state index in [1.54, 1.807) is 0 Å². The van der Waals surface area contributed by atoms with Crippen LogP contribution in [0.4, 0.5) is 13.2 Å². The van der Waals surface area contributed by atoms with Crippen LogP contribution in [-0.2, 0) is 12.6 Å². The summed E-state index contributed by atoms with van der Waals surface area (Å²) in [5.41, 5.74) is -0.840. The highest BCUT2D eigenvalue weighted by Gasteiger charge is 2.34. The third kappa shape index (κ3) is 2.26. The maximum Gasteiger partial charge on any atom is 0.420 e. The highest BCUT2D eigenvalue weighted by molar-refractivity contribution is 5.76. The molecule has 2 aromatic rings. The number of oxazole rings is 1. The summed E-state index contributed by atoms with van der Waals surface area (Å²) < 4.78 is 43.1. The number of terminal acetylenes is 1. The lowest BCUT2D eigenvalue weighted by molar-refractivity contribution is -0.136. The van der Waals surface area contributed by atoms with E-state index in [4.69, 9.17) is 10.8 Å². The molecule has 0 radical (unpaired) electrons. The monoisotopic (exact) mass is 239 g/mol. The topological polar surface area (TPSA) is 26.0 Å². The quantitative estimate of drug-likeness (QED) is 0.750. The van der Waals surface area contributed by atoms with Gasteiger partial charge < -0.3 is 4.42 Å². The number of aromatic nitrogens is 1. The molecule has 0 saturated carbocycles. The molecule has 0 unspecified atom stereocenters. The number of alkyl halides is 3. The molecular formula is C12H8F3NO. The lowest BCUT2D eigenvalue weighted by atomic mass is 10.2. The summed E-state index contributed by atoms with van der Waals surface area (Å²) in [4.78, 5) is 3.96. The van der Waals surface area contributed by atoms with Crippen LogP contribution in [0.3, 0.4) is 0 Å². The number of aryl methyl sites for hydroxylation is 1. The van der Waals surface area contributed by atoms with Crippen molar-refractivity contribution in [1.82, 2.24) is 4.98 Å². The van der Waals surface area contributed by atoms with Crippen LogP contribution < -0.4 is 0 Å². The molecule has 17 heavy (non-hydrogen) atoms. The molecule has 0 aliphatic heterocycles. The summed E-state index contributed by atoms with van der Waals surface area (Å²) in [5, 5.41) is 0. The van der Waals surface area contributed by atoms with E-state index in [1.807, 2.05) is 0 Å². The molecule has 1 heterocycles. The molecule has 0 atom stereocenters. The first-order valence-corrected chi connectivity index (χ1v) is 4.91. The Morgan fingerprint density at radius 1 is 1.35 bits per heavy atom. The van der Waals surface area contributed by atoms with Gasteiger partial charge in [-0.25, -0.2) is 4.98 Å². The molecule has 88 valence electrons. The fourth-order valence-corrected chi connectivity index (χ4v) is 1.50. The van der Waals surface area contributed by atoms with Crippen molar-refractivity contribution in [2.45, 2.75) is 19.0 Å². The van der Waals surface area contributed by atoms with Crippen molar-refractivity contribution in [3.05, 3.63) is 29.7 Å². The van der Waals surface area contributed by atoms with Crippen molar-refractivity contribution in [2.75, 3.05) is 0 Å². The van der Waals surface area contributed by atoms with Gasteiger partial charge in [-0.1, -0.05) is 6.07 Å². The maximum absolute atomic E-state index is 12.7. The Labute approximate surface area is 95.4 Å². The number of para-hydroxylation sites is 1. The standard InChI is InChI=1S/C12H8F3NO/c1-2-3-7-10-16-9-6-4-5-8(11(9)17-10)12(13,14)15/h1,4-6H,3,7H2. The van der Waals surface area contributed by atoms with E-state index in [0.717, 1.165) is 6.07 Å². The van der Waals surface area contributed by atoms with Crippen LogP contribution in [0.2, 0.25) is 0 Å². The molecule has 0 amide bonds. The van der Waals surface area contributed by atoms with Gasteiger partial charge in [0.05, 0.1) is 0 Å². The van der Waals surface area contributed by atoms with E-state index < -0.39 is 11.7 Å². The Hall–Kier alpha value is -1.96. The van der Waals surface area contributed by atoms with Gasteiger partial charge in [-0.15, -0.1) is 12.3 Å². The Kier molecular flexibility index (Phi) is 2.80. The average Bonchev–Trinajstić information content (AvgIpc) is 2.66. The molecule has 0 fully saturated rings. The molecule has 0 saturated heterocycles. The van der Waals surface area contributed by atoms with E-state index in [-0.39, 0.29) is 17.0 Å². The van der Waals surface area contributed by atoms with E-state index in [0.29, 0.717) is 12.8 Å². The number of nitrogens with zero attached hydrogens (tertiary/aromatic N) is 1. The number of halogens is 3. The third-order valence-electron chi connectivity index (χ3n) is 2.25. The minimum absolute atomic E-state index is 0.201. The zero-order valence-electron chi connectivity index (χ0n) is 8.71. The third-order valence-corrected chi connectivity index (χ3v) is 2.25. The van der Waals surface area contributed by atoms with E-state index in [1.165, 1.54) is 12.1 Å². The second-order valence-electron chi connectivity index (χ2n) is 3.46. The van der Waals surface area contributed by atoms with E-state index in [2.05, 4.69) is 10.9 Å². The molecule has 1 aromatic carbocycles. The van der Waals surface area contributed by atoms with Gasteiger partial charge in [0, 0.05) is 12.8 Å². The van der Waals surface area contributed by atoms with Gasteiger partial charge in [-0.3, -0.25) is 0 Å². The largest absolute Gasteiger partial charge is 0.440 e. The minimum Gasteiger partial charge on any atom is -0.440 e. The lowest BCUT2D eigenvalue weighted by Gasteiger charge is -2.05. The van der Waals surface area contributed by atoms with Gasteiger partial charge in [0.15, 0.2) is 11.5 Å². The molecule has 0 aliphatic rings. The second-order valence-corrected chi connectivity index (χ2v) is 3.46. The second kappa shape index (κ2) is 4.13. The summed E-state index contributed by atoms with van der Waals surface area (Å²) in [6.45, 7) is 0. The predicted molar refractivity (Wildman–Crippen MR) is 56.2 cm³/mol. The smallest absolute Gasteiger partial charge is 0.420 e. The van der Waals surface area contributed by atoms with Gasteiger partial charge in [0.25, 0.3) is 0 Å². The van der Waals surface area contributed by atoms with Crippen LogP contribution >= 0.6 is 0 Å². The molecule has 2 rings (SSSR count). The van der Waals surface area contributed by atoms with Crippen LogP contribution in [0.25, 0.3) is 11.1 Å². The normalized spacial score (nSPS) is 11.6. The first-order chi connectivity index (χ1) is 8.02. The van der Waals surface area contributed by atoms with Gasteiger partial charge in [-0.2, -0.15) is 13.2 Å². The van der Waals surface area contributed by atoms with E-state index in [9.17, 15) is 13.2 Å². The zero-order valence-corrected chi connectivity index (χ0v) is 8.71. The molecule has 0 aliphatic carbocycles. The Morgan fingerprint density at radius 2 is 2.12 bits per heavy atom. The number of rotatable bonds is 2. The fourth-order valence-electron chi connectivity index (χ4n) is 1.50. The van der Waals surface area contributed by atoms with Crippen LogP contribution in [0.1, 0.15) is 17.9 Å². The van der Waals surface area contributed by atoms with Gasteiger partial charge >= 0.3 is 6.18 Å². The fraction of sp³-hybridized carbons (Fsp3) is 0.250. The molecule has 0 bridgehead atoms. The molecule has 0 spiro atoms. The Bertz CT molecular complexity index is 577. The summed E-state index contributed by atoms with van der Waals surface area (Å²) in [6.07, 6.45) is 1.35. The first-order valence-electron chi connectivity index (χ1n) is 4.91.